The fourth-order valence-electron chi connectivity index (χ4n) is 1.71. The van der Waals surface area contributed by atoms with Gasteiger partial charge in [-0.1, -0.05) is 0 Å². The lowest BCUT2D eigenvalue weighted by Crippen LogP contribution is -2.24. The highest BCUT2D eigenvalue weighted by Gasteiger charge is 2.45. The van der Waals surface area contributed by atoms with Gasteiger partial charge in [-0.05, 0) is 26.0 Å². The summed E-state index contributed by atoms with van der Waals surface area (Å²) >= 11 is 0. The molecule has 1 aliphatic rings. The fraction of sp³-hybridized carbons (Fsp3) is 0.400. The molecule has 2 N–H and O–H groups in total. The van der Waals surface area contributed by atoms with Crippen LogP contribution in [0.1, 0.15) is 18.4 Å². The minimum absolute atomic E-state index is 0.317. The second-order valence-corrected chi connectivity index (χ2v) is 3.62. The lowest BCUT2D eigenvalue weighted by molar-refractivity contribution is 0.406. The summed E-state index contributed by atoms with van der Waals surface area (Å²) in [7, 11) is 1.72. The highest BCUT2D eigenvalue weighted by atomic mass is 19.1. The summed E-state index contributed by atoms with van der Waals surface area (Å²) in [6.07, 6.45) is 1.58. The van der Waals surface area contributed by atoms with Crippen molar-refractivity contribution < 1.29 is 13.9 Å². The van der Waals surface area contributed by atoms with Crippen molar-refractivity contribution in [3.63, 3.8) is 0 Å². The molecule has 0 heterocycles. The molecule has 2 nitrogen and oxygen atoms in total. The van der Waals surface area contributed by atoms with Gasteiger partial charge in [0.1, 0.15) is 5.82 Å². The molecule has 0 radical (unpaired) electrons. The van der Waals surface area contributed by atoms with E-state index in [-0.39, 0.29) is 0 Å². The summed E-state index contributed by atoms with van der Waals surface area (Å²) in [5, 5.41) is 12.4. The quantitative estimate of drug-likeness (QED) is 0.762. The minimum Gasteiger partial charge on any atom is -0.505 e. The molecule has 1 saturated carbocycles. The number of hydrogen-bond donors (Lipinski definition) is 2. The second-order valence-electron chi connectivity index (χ2n) is 3.62. The molecule has 0 saturated heterocycles. The highest BCUT2D eigenvalue weighted by molar-refractivity contribution is 5.42. The van der Waals surface area contributed by atoms with E-state index >= 15 is 0 Å². The van der Waals surface area contributed by atoms with Crippen LogP contribution in [0.5, 0.6) is 5.75 Å². The van der Waals surface area contributed by atoms with E-state index in [1.165, 1.54) is 6.07 Å². The van der Waals surface area contributed by atoms with Crippen molar-refractivity contribution >= 4 is 0 Å². The van der Waals surface area contributed by atoms with E-state index in [9.17, 15) is 13.9 Å². The molecule has 1 fully saturated rings. The first kappa shape index (κ1) is 9.40. The Morgan fingerprint density at radius 3 is 2.50 bits per heavy atom. The molecule has 76 valence electrons. The number of rotatable bonds is 2. The topological polar surface area (TPSA) is 32.3 Å². The van der Waals surface area contributed by atoms with Gasteiger partial charge < -0.3 is 10.4 Å². The zero-order valence-electron chi connectivity index (χ0n) is 7.77. The molecule has 1 aromatic rings. The molecule has 1 aliphatic carbocycles. The Morgan fingerprint density at radius 2 is 2.00 bits per heavy atom. The third-order valence-corrected chi connectivity index (χ3v) is 2.77. The Kier molecular flexibility index (Phi) is 1.96. The van der Waals surface area contributed by atoms with Crippen molar-refractivity contribution in [3.8, 4) is 5.75 Å². The van der Waals surface area contributed by atoms with Crippen LogP contribution in [-0.4, -0.2) is 12.2 Å². The van der Waals surface area contributed by atoms with Crippen LogP contribution in [0.15, 0.2) is 12.1 Å². The van der Waals surface area contributed by atoms with Crippen molar-refractivity contribution in [1.29, 1.82) is 0 Å². The Bertz CT molecular complexity index is 375. The van der Waals surface area contributed by atoms with Crippen LogP contribution in [0, 0.1) is 11.6 Å². The molecule has 0 aliphatic heterocycles. The Hall–Kier alpha value is -1.16. The van der Waals surface area contributed by atoms with E-state index in [1.54, 1.807) is 7.05 Å². The lowest BCUT2D eigenvalue weighted by Gasteiger charge is -2.16. The largest absolute Gasteiger partial charge is 0.505 e. The fourth-order valence-corrected chi connectivity index (χ4v) is 1.71. The van der Waals surface area contributed by atoms with Crippen molar-refractivity contribution in [1.82, 2.24) is 5.32 Å². The predicted molar refractivity (Wildman–Crippen MR) is 48.0 cm³/mol. The molecule has 14 heavy (non-hydrogen) atoms. The summed E-state index contributed by atoms with van der Waals surface area (Å²) in [5.74, 6) is -2.00. The van der Waals surface area contributed by atoms with Crippen molar-refractivity contribution in [2.75, 3.05) is 7.05 Å². The zero-order chi connectivity index (χ0) is 10.3. The predicted octanol–water partition coefficient (Wildman–Crippen LogP) is 1.88. The van der Waals surface area contributed by atoms with Gasteiger partial charge in [0, 0.05) is 17.2 Å². The number of phenols is 1. The molecule has 0 spiro atoms. The smallest absolute Gasteiger partial charge is 0.168 e. The van der Waals surface area contributed by atoms with Crippen molar-refractivity contribution in [2.45, 2.75) is 18.4 Å². The van der Waals surface area contributed by atoms with Crippen molar-refractivity contribution in [2.24, 2.45) is 0 Å². The first-order valence-electron chi connectivity index (χ1n) is 4.46. The van der Waals surface area contributed by atoms with Crippen LogP contribution in [0.3, 0.4) is 0 Å². The SMILES string of the molecule is CNC1(c2cc(F)cc(F)c2O)CC1. The standard InChI is InChI=1S/C10H11F2NO/c1-13-10(2-3-10)7-4-6(11)5-8(12)9(7)14/h4-5,13-14H,2-3H2,1H3. The average Bonchev–Trinajstić information content (AvgIpc) is 2.92. The minimum atomic E-state index is -0.901. The molecule has 0 bridgehead atoms. The summed E-state index contributed by atoms with van der Waals surface area (Å²) in [6, 6.07) is 1.87. The van der Waals surface area contributed by atoms with E-state index in [2.05, 4.69) is 5.32 Å². The van der Waals surface area contributed by atoms with Gasteiger partial charge in [0.05, 0.1) is 0 Å². The normalized spacial score (nSPS) is 18.2. The Morgan fingerprint density at radius 1 is 1.36 bits per heavy atom. The van der Waals surface area contributed by atoms with E-state index in [0.29, 0.717) is 11.6 Å². The van der Waals surface area contributed by atoms with E-state index < -0.39 is 22.9 Å². The zero-order valence-corrected chi connectivity index (χ0v) is 7.77. The van der Waals surface area contributed by atoms with Crippen LogP contribution in [0.4, 0.5) is 8.78 Å². The van der Waals surface area contributed by atoms with E-state index in [4.69, 9.17) is 0 Å². The third kappa shape index (κ3) is 1.26. The highest BCUT2D eigenvalue weighted by Crippen LogP contribution is 2.48. The van der Waals surface area contributed by atoms with Crippen LogP contribution >= 0.6 is 0 Å². The van der Waals surface area contributed by atoms with Crippen LogP contribution < -0.4 is 5.32 Å². The number of aromatic hydroxyl groups is 1. The molecule has 1 aromatic carbocycles. The second kappa shape index (κ2) is 2.92. The maximum Gasteiger partial charge on any atom is 0.168 e. The summed E-state index contributed by atoms with van der Waals surface area (Å²) in [6.45, 7) is 0. The van der Waals surface area contributed by atoms with Crippen LogP contribution in [-0.2, 0) is 5.54 Å². The number of phenolic OH excluding ortho intramolecular Hbond substituents is 1. The van der Waals surface area contributed by atoms with Crippen LogP contribution in [0.2, 0.25) is 0 Å². The van der Waals surface area contributed by atoms with Gasteiger partial charge in [-0.25, -0.2) is 8.78 Å². The van der Waals surface area contributed by atoms with Gasteiger partial charge in [-0.3, -0.25) is 0 Å². The van der Waals surface area contributed by atoms with Crippen molar-refractivity contribution in [3.05, 3.63) is 29.3 Å². The molecular formula is C10H11F2NO. The monoisotopic (exact) mass is 199 g/mol. The molecule has 2 rings (SSSR count). The first-order chi connectivity index (χ1) is 6.59. The third-order valence-electron chi connectivity index (χ3n) is 2.77. The molecule has 0 atom stereocenters. The molecule has 0 amide bonds. The van der Waals surface area contributed by atoms with Gasteiger partial charge in [-0.2, -0.15) is 0 Å². The molecule has 0 aromatic heterocycles. The van der Waals surface area contributed by atoms with Gasteiger partial charge in [0.15, 0.2) is 11.6 Å². The van der Waals surface area contributed by atoms with Gasteiger partial charge in [0.25, 0.3) is 0 Å². The molecule has 0 unspecified atom stereocenters. The van der Waals surface area contributed by atoms with Gasteiger partial charge in [-0.15, -0.1) is 0 Å². The van der Waals surface area contributed by atoms with Gasteiger partial charge in [0.2, 0.25) is 0 Å². The van der Waals surface area contributed by atoms with E-state index in [1.807, 2.05) is 0 Å². The number of halogens is 2. The van der Waals surface area contributed by atoms with E-state index in [0.717, 1.165) is 12.8 Å². The summed E-state index contributed by atoms with van der Waals surface area (Å²) in [4.78, 5) is 0. The number of nitrogens with one attached hydrogen (secondary N) is 1. The Balaban J connectivity index is 2.52. The number of benzene rings is 1. The molecule has 4 heteroatoms. The number of hydrogen-bond acceptors (Lipinski definition) is 2. The Labute approximate surface area is 80.6 Å². The lowest BCUT2D eigenvalue weighted by atomic mass is 10.0. The summed E-state index contributed by atoms with van der Waals surface area (Å²) in [5.41, 5.74) is -0.106. The maximum absolute atomic E-state index is 13.0. The molecular weight excluding hydrogens is 188 g/mol. The first-order valence-corrected chi connectivity index (χ1v) is 4.46. The average molecular weight is 199 g/mol. The van der Waals surface area contributed by atoms with Gasteiger partial charge >= 0.3 is 0 Å². The summed E-state index contributed by atoms with van der Waals surface area (Å²) < 4.78 is 25.9. The maximum atomic E-state index is 13.0. The van der Waals surface area contributed by atoms with Crippen LogP contribution in [0.25, 0.3) is 0 Å².